The number of nitrogens with zero attached hydrogens (tertiary/aromatic N) is 2. The van der Waals surface area contributed by atoms with Gasteiger partial charge in [-0.3, -0.25) is 14.4 Å². The third kappa shape index (κ3) is 8.07. The summed E-state index contributed by atoms with van der Waals surface area (Å²) < 4.78 is 18.2. The van der Waals surface area contributed by atoms with Crippen LogP contribution in [0.2, 0.25) is 0 Å². The van der Waals surface area contributed by atoms with E-state index < -0.39 is 5.97 Å². The van der Waals surface area contributed by atoms with Crippen molar-refractivity contribution >= 4 is 29.1 Å². The monoisotopic (exact) mass is 462 g/mol. The van der Waals surface area contributed by atoms with Crippen LogP contribution in [0.3, 0.4) is 0 Å². The number of amides is 2. The highest BCUT2D eigenvalue weighted by atomic mass is 32.1. The minimum atomic E-state index is -0.422. The number of benzene rings is 1. The molecule has 0 aliphatic carbocycles. The molecule has 0 atom stereocenters. The molecular weight excluding hydrogens is 431 g/mol. The molecule has 174 valence electrons. The summed E-state index contributed by atoms with van der Waals surface area (Å²) >= 11 is 1.57. The van der Waals surface area contributed by atoms with Crippen molar-refractivity contribution in [1.82, 2.24) is 9.80 Å². The fourth-order valence-corrected chi connectivity index (χ4v) is 4.13. The van der Waals surface area contributed by atoms with Crippen LogP contribution in [0.1, 0.15) is 49.1 Å². The normalized spacial score (nSPS) is 10.6. The Labute approximate surface area is 193 Å². The molecule has 0 saturated carbocycles. The molecule has 0 fully saturated rings. The Hall–Kier alpha value is -2.74. The lowest BCUT2D eigenvalue weighted by atomic mass is 10.2. The fraction of sp³-hybridized carbons (Fsp3) is 0.458. The molecule has 1 heterocycles. The quantitative estimate of drug-likeness (QED) is 0.441. The summed E-state index contributed by atoms with van der Waals surface area (Å²) in [6, 6.07) is 8.06. The van der Waals surface area contributed by atoms with Crippen LogP contribution in [-0.2, 0) is 32.2 Å². The van der Waals surface area contributed by atoms with Gasteiger partial charge in [0, 0.05) is 24.4 Å². The van der Waals surface area contributed by atoms with E-state index in [1.54, 1.807) is 35.3 Å². The third-order valence-electron chi connectivity index (χ3n) is 4.96. The number of hydrogen-bond acceptors (Lipinski definition) is 5. The predicted molar refractivity (Wildman–Crippen MR) is 122 cm³/mol. The molecule has 1 aromatic heterocycles. The molecule has 0 aliphatic rings. The number of aryl methyl sites for hydroxylation is 1. The number of rotatable bonds is 12. The second-order valence-corrected chi connectivity index (χ2v) is 8.52. The van der Waals surface area contributed by atoms with Gasteiger partial charge in [0.1, 0.15) is 5.82 Å². The Morgan fingerprint density at radius 2 is 1.69 bits per heavy atom. The van der Waals surface area contributed by atoms with E-state index >= 15 is 0 Å². The Kier molecular flexibility index (Phi) is 10.3. The molecule has 0 radical (unpaired) electrons. The number of carbonyl (C=O) groups is 3. The molecule has 0 unspecified atom stereocenters. The van der Waals surface area contributed by atoms with Crippen LogP contribution in [0, 0.1) is 12.7 Å². The van der Waals surface area contributed by atoms with Crippen molar-refractivity contribution in [3.63, 3.8) is 0 Å². The van der Waals surface area contributed by atoms with Gasteiger partial charge >= 0.3 is 5.97 Å². The average molecular weight is 463 g/mol. The smallest absolute Gasteiger partial charge is 0.306 e. The largest absolute Gasteiger partial charge is 0.466 e. The molecular formula is C24H31FN2O4S. The van der Waals surface area contributed by atoms with E-state index in [0.29, 0.717) is 26.1 Å². The number of thiophene rings is 1. The second kappa shape index (κ2) is 13.0. The molecule has 2 amide bonds. The van der Waals surface area contributed by atoms with Crippen LogP contribution in [0.25, 0.3) is 0 Å². The van der Waals surface area contributed by atoms with E-state index in [4.69, 9.17) is 4.74 Å². The first-order chi connectivity index (χ1) is 15.3. The number of hydrogen-bond donors (Lipinski definition) is 0. The van der Waals surface area contributed by atoms with Crippen LogP contribution < -0.4 is 0 Å². The van der Waals surface area contributed by atoms with Crippen LogP contribution in [0.15, 0.2) is 35.7 Å². The first kappa shape index (κ1) is 25.5. The van der Waals surface area contributed by atoms with Gasteiger partial charge in [-0.05, 0) is 55.0 Å². The topological polar surface area (TPSA) is 66.9 Å². The highest BCUT2D eigenvalue weighted by molar-refractivity contribution is 7.10. The van der Waals surface area contributed by atoms with Gasteiger partial charge in [-0.1, -0.05) is 19.1 Å². The van der Waals surface area contributed by atoms with Crippen molar-refractivity contribution in [2.75, 3.05) is 19.7 Å². The molecule has 0 N–H and O–H groups in total. The number of carbonyl (C=O) groups excluding carboxylic acids is 3. The van der Waals surface area contributed by atoms with E-state index in [1.807, 2.05) is 25.3 Å². The van der Waals surface area contributed by atoms with Crippen molar-refractivity contribution in [2.45, 2.75) is 53.1 Å². The second-order valence-electron chi connectivity index (χ2n) is 7.52. The number of ether oxygens (including phenoxy) is 1. The lowest BCUT2D eigenvalue weighted by Crippen LogP contribution is -2.42. The van der Waals surface area contributed by atoms with E-state index in [0.717, 1.165) is 16.0 Å². The van der Waals surface area contributed by atoms with Crippen molar-refractivity contribution in [2.24, 2.45) is 0 Å². The SMILES string of the molecule is CCCN(CC(=O)N(Cc1ccc(F)cc1)Cc1sccc1C)C(=O)CCC(=O)OCC. The van der Waals surface area contributed by atoms with Crippen molar-refractivity contribution in [3.05, 3.63) is 57.5 Å². The fourth-order valence-electron chi connectivity index (χ4n) is 3.21. The first-order valence-electron chi connectivity index (χ1n) is 10.8. The third-order valence-corrected chi connectivity index (χ3v) is 5.97. The van der Waals surface area contributed by atoms with E-state index in [9.17, 15) is 18.8 Å². The molecule has 0 bridgehead atoms. The molecule has 32 heavy (non-hydrogen) atoms. The van der Waals surface area contributed by atoms with Crippen LogP contribution in [-0.4, -0.2) is 47.3 Å². The van der Waals surface area contributed by atoms with Crippen molar-refractivity contribution in [3.8, 4) is 0 Å². The Bertz CT molecular complexity index is 898. The first-order valence-corrected chi connectivity index (χ1v) is 11.7. The average Bonchev–Trinajstić information content (AvgIpc) is 3.17. The summed E-state index contributed by atoms with van der Waals surface area (Å²) in [6.07, 6.45) is 0.698. The highest BCUT2D eigenvalue weighted by Crippen LogP contribution is 2.20. The van der Waals surface area contributed by atoms with Gasteiger partial charge in [0.05, 0.1) is 26.1 Å². The van der Waals surface area contributed by atoms with Gasteiger partial charge in [0.25, 0.3) is 0 Å². The van der Waals surface area contributed by atoms with Gasteiger partial charge in [-0.15, -0.1) is 11.3 Å². The summed E-state index contributed by atoms with van der Waals surface area (Å²) in [6.45, 7) is 6.99. The summed E-state index contributed by atoms with van der Waals surface area (Å²) in [5.74, 6) is -1.20. The van der Waals surface area contributed by atoms with Crippen LogP contribution in [0.4, 0.5) is 4.39 Å². The minimum absolute atomic E-state index is 0.00520. The summed E-state index contributed by atoms with van der Waals surface area (Å²) in [5, 5.41) is 1.98. The van der Waals surface area contributed by atoms with Gasteiger partial charge in [0.2, 0.25) is 11.8 Å². The molecule has 0 aliphatic heterocycles. The Morgan fingerprint density at radius 3 is 2.28 bits per heavy atom. The standard InChI is InChI=1S/C24H31FN2O4S/c1-4-13-26(22(28)10-11-24(30)31-5-2)17-23(29)27(16-21-18(3)12-14-32-21)15-19-6-8-20(25)9-7-19/h6-9,12,14H,4-5,10-11,13,15-17H2,1-3H3. The molecule has 8 heteroatoms. The minimum Gasteiger partial charge on any atom is -0.466 e. The van der Waals surface area contributed by atoms with Gasteiger partial charge in [-0.2, -0.15) is 0 Å². The molecule has 0 saturated heterocycles. The lowest BCUT2D eigenvalue weighted by molar-refractivity contribution is -0.146. The molecule has 2 aromatic rings. The summed E-state index contributed by atoms with van der Waals surface area (Å²) in [4.78, 5) is 41.8. The van der Waals surface area contributed by atoms with Gasteiger partial charge < -0.3 is 14.5 Å². The molecule has 6 nitrogen and oxygen atoms in total. The lowest BCUT2D eigenvalue weighted by Gasteiger charge is -2.28. The van der Waals surface area contributed by atoms with Crippen LogP contribution >= 0.6 is 11.3 Å². The van der Waals surface area contributed by atoms with E-state index in [-0.39, 0.29) is 43.6 Å². The maximum Gasteiger partial charge on any atom is 0.306 e. The summed E-state index contributed by atoms with van der Waals surface area (Å²) in [7, 11) is 0. The zero-order valence-corrected chi connectivity index (χ0v) is 19.8. The number of esters is 1. The highest BCUT2D eigenvalue weighted by Gasteiger charge is 2.22. The van der Waals surface area contributed by atoms with E-state index in [1.165, 1.54) is 17.0 Å². The summed E-state index contributed by atoms with van der Waals surface area (Å²) in [5.41, 5.74) is 1.91. The van der Waals surface area contributed by atoms with Crippen molar-refractivity contribution in [1.29, 1.82) is 0 Å². The zero-order valence-electron chi connectivity index (χ0n) is 18.9. The van der Waals surface area contributed by atoms with Gasteiger partial charge in [-0.25, -0.2) is 4.39 Å². The maximum absolute atomic E-state index is 13.3. The predicted octanol–water partition coefficient (Wildman–Crippen LogP) is 4.31. The Morgan fingerprint density at radius 1 is 0.969 bits per heavy atom. The molecule has 1 aromatic carbocycles. The van der Waals surface area contributed by atoms with E-state index in [2.05, 4.69) is 0 Å². The van der Waals surface area contributed by atoms with Gasteiger partial charge in [0.15, 0.2) is 0 Å². The number of halogens is 1. The van der Waals surface area contributed by atoms with Crippen molar-refractivity contribution < 1.29 is 23.5 Å². The maximum atomic E-state index is 13.3. The zero-order chi connectivity index (χ0) is 23.5. The van der Waals surface area contributed by atoms with Crippen LogP contribution in [0.5, 0.6) is 0 Å². The molecule has 2 rings (SSSR count). The Balaban J connectivity index is 2.12. The molecule has 0 spiro atoms.